The Labute approximate surface area is 146 Å². The highest BCUT2D eigenvalue weighted by molar-refractivity contribution is 5.74. The van der Waals surface area contributed by atoms with Crippen LogP contribution in [0.25, 0.3) is 0 Å². The Morgan fingerprint density at radius 3 is 2.64 bits per heavy atom. The number of urea groups is 1. The second kappa shape index (κ2) is 9.40. The molecule has 2 amide bonds. The van der Waals surface area contributed by atoms with Gasteiger partial charge in [0.25, 0.3) is 0 Å². The van der Waals surface area contributed by atoms with Gasteiger partial charge in [0.15, 0.2) is 0 Å². The van der Waals surface area contributed by atoms with Gasteiger partial charge in [0, 0.05) is 18.7 Å². The van der Waals surface area contributed by atoms with Gasteiger partial charge in [-0.3, -0.25) is 0 Å². The highest BCUT2D eigenvalue weighted by Crippen LogP contribution is 2.18. The zero-order chi connectivity index (χ0) is 18.1. The monoisotopic (exact) mass is 341 g/mol. The standard InChI is InChI=1S/C19H20FN3O2/c20-17-11-14(12-21)8-9-16(17)13-22-19(25)23-18(7-4-10-24)15-5-2-1-3-6-15/h1-3,5-6,8-9,11,18,24H,4,7,10,13H2,(H2,22,23,25). The van der Waals surface area contributed by atoms with Crippen molar-refractivity contribution in [2.24, 2.45) is 0 Å². The van der Waals surface area contributed by atoms with Crippen LogP contribution in [0.15, 0.2) is 48.5 Å². The van der Waals surface area contributed by atoms with Crippen molar-refractivity contribution in [1.29, 1.82) is 5.26 Å². The van der Waals surface area contributed by atoms with E-state index in [1.165, 1.54) is 12.1 Å². The third kappa shape index (κ3) is 5.59. The van der Waals surface area contributed by atoms with Gasteiger partial charge in [-0.15, -0.1) is 0 Å². The quantitative estimate of drug-likeness (QED) is 0.724. The van der Waals surface area contributed by atoms with Crippen molar-refractivity contribution in [2.45, 2.75) is 25.4 Å². The van der Waals surface area contributed by atoms with E-state index in [9.17, 15) is 9.18 Å². The molecular weight excluding hydrogens is 321 g/mol. The molecule has 0 heterocycles. The summed E-state index contributed by atoms with van der Waals surface area (Å²) in [5.74, 6) is -0.528. The van der Waals surface area contributed by atoms with Crippen LogP contribution in [-0.2, 0) is 6.54 Å². The van der Waals surface area contributed by atoms with Gasteiger partial charge in [-0.1, -0.05) is 36.4 Å². The molecule has 0 radical (unpaired) electrons. The highest BCUT2D eigenvalue weighted by Gasteiger charge is 2.14. The summed E-state index contributed by atoms with van der Waals surface area (Å²) in [4.78, 5) is 12.1. The minimum atomic E-state index is -0.528. The topological polar surface area (TPSA) is 85.2 Å². The van der Waals surface area contributed by atoms with Crippen LogP contribution in [0.4, 0.5) is 9.18 Å². The Bertz CT molecular complexity index is 744. The summed E-state index contributed by atoms with van der Waals surface area (Å²) in [6.07, 6.45) is 1.16. The van der Waals surface area contributed by atoms with Crippen molar-refractivity contribution in [3.63, 3.8) is 0 Å². The fourth-order valence-electron chi connectivity index (χ4n) is 2.45. The zero-order valence-electron chi connectivity index (χ0n) is 13.7. The highest BCUT2D eigenvalue weighted by atomic mass is 19.1. The van der Waals surface area contributed by atoms with E-state index in [0.717, 1.165) is 11.6 Å². The molecule has 5 nitrogen and oxygen atoms in total. The molecule has 0 spiro atoms. The Balaban J connectivity index is 1.96. The van der Waals surface area contributed by atoms with E-state index in [0.29, 0.717) is 18.4 Å². The van der Waals surface area contributed by atoms with E-state index >= 15 is 0 Å². The van der Waals surface area contributed by atoms with Crippen molar-refractivity contribution in [2.75, 3.05) is 6.61 Å². The maximum atomic E-state index is 13.8. The molecule has 0 aliphatic carbocycles. The summed E-state index contributed by atoms with van der Waals surface area (Å²) in [5, 5.41) is 23.2. The summed E-state index contributed by atoms with van der Waals surface area (Å²) >= 11 is 0. The third-order valence-corrected chi connectivity index (χ3v) is 3.78. The summed E-state index contributed by atoms with van der Waals surface area (Å²) in [6, 6.07) is 14.8. The number of hydrogen-bond acceptors (Lipinski definition) is 3. The molecule has 2 rings (SSSR count). The van der Waals surface area contributed by atoms with Gasteiger partial charge in [0.1, 0.15) is 5.82 Å². The number of nitrogens with one attached hydrogen (secondary N) is 2. The summed E-state index contributed by atoms with van der Waals surface area (Å²) in [6.45, 7) is 0.0635. The lowest BCUT2D eigenvalue weighted by Crippen LogP contribution is -2.37. The molecule has 0 aliphatic heterocycles. The third-order valence-electron chi connectivity index (χ3n) is 3.78. The van der Waals surface area contributed by atoms with Crippen molar-refractivity contribution in [3.05, 3.63) is 71.0 Å². The average molecular weight is 341 g/mol. The number of benzene rings is 2. The molecular formula is C19H20FN3O2. The lowest BCUT2D eigenvalue weighted by Gasteiger charge is -2.19. The minimum Gasteiger partial charge on any atom is -0.396 e. The second-order valence-corrected chi connectivity index (χ2v) is 5.57. The molecule has 2 aromatic carbocycles. The number of rotatable bonds is 7. The lowest BCUT2D eigenvalue weighted by atomic mass is 10.0. The van der Waals surface area contributed by atoms with Crippen molar-refractivity contribution in [3.8, 4) is 6.07 Å². The predicted octanol–water partition coefficient (Wildman–Crippen LogP) is 3.01. The van der Waals surface area contributed by atoms with E-state index in [-0.39, 0.29) is 24.8 Å². The molecule has 1 unspecified atom stereocenters. The number of nitriles is 1. The zero-order valence-corrected chi connectivity index (χ0v) is 13.7. The maximum absolute atomic E-state index is 13.8. The van der Waals surface area contributed by atoms with Gasteiger partial charge >= 0.3 is 6.03 Å². The number of amides is 2. The van der Waals surface area contributed by atoms with Crippen LogP contribution in [0.3, 0.4) is 0 Å². The maximum Gasteiger partial charge on any atom is 0.315 e. The molecule has 0 aliphatic rings. The molecule has 25 heavy (non-hydrogen) atoms. The number of carbonyl (C=O) groups excluding carboxylic acids is 1. The number of halogens is 1. The summed E-state index contributed by atoms with van der Waals surface area (Å²) < 4.78 is 13.8. The summed E-state index contributed by atoms with van der Waals surface area (Å²) in [7, 11) is 0. The Morgan fingerprint density at radius 2 is 2.00 bits per heavy atom. The molecule has 0 saturated carbocycles. The minimum absolute atomic E-state index is 0.0187. The number of carbonyl (C=O) groups is 1. The van der Waals surface area contributed by atoms with Gasteiger partial charge in [0.2, 0.25) is 0 Å². The molecule has 0 bridgehead atoms. The molecule has 0 saturated heterocycles. The molecule has 0 fully saturated rings. The molecule has 2 aromatic rings. The first-order valence-corrected chi connectivity index (χ1v) is 8.02. The molecule has 1 atom stereocenters. The van der Waals surface area contributed by atoms with Crippen LogP contribution in [0, 0.1) is 17.1 Å². The van der Waals surface area contributed by atoms with Gasteiger partial charge in [0.05, 0.1) is 17.7 Å². The Morgan fingerprint density at radius 1 is 1.24 bits per heavy atom. The van der Waals surface area contributed by atoms with Gasteiger partial charge in [-0.25, -0.2) is 9.18 Å². The molecule has 6 heteroatoms. The molecule has 130 valence electrons. The van der Waals surface area contributed by atoms with Crippen molar-refractivity contribution in [1.82, 2.24) is 10.6 Å². The van der Waals surface area contributed by atoms with Gasteiger partial charge in [-0.05, 0) is 30.5 Å². The Hall–Kier alpha value is -2.91. The van der Waals surface area contributed by atoms with E-state index < -0.39 is 11.8 Å². The number of aliphatic hydroxyl groups excluding tert-OH is 1. The number of hydrogen-bond donors (Lipinski definition) is 3. The number of aliphatic hydroxyl groups is 1. The van der Waals surface area contributed by atoms with Crippen LogP contribution in [-0.4, -0.2) is 17.7 Å². The van der Waals surface area contributed by atoms with Crippen molar-refractivity contribution >= 4 is 6.03 Å². The van der Waals surface area contributed by atoms with E-state index in [1.54, 1.807) is 0 Å². The second-order valence-electron chi connectivity index (χ2n) is 5.57. The molecule has 3 N–H and O–H groups in total. The van der Waals surface area contributed by atoms with E-state index in [2.05, 4.69) is 10.6 Å². The smallest absolute Gasteiger partial charge is 0.315 e. The van der Waals surface area contributed by atoms with Crippen LogP contribution < -0.4 is 10.6 Å². The first-order chi connectivity index (χ1) is 12.1. The fourth-order valence-corrected chi connectivity index (χ4v) is 2.45. The van der Waals surface area contributed by atoms with Gasteiger partial charge in [-0.2, -0.15) is 5.26 Å². The van der Waals surface area contributed by atoms with Crippen LogP contribution >= 0.6 is 0 Å². The van der Waals surface area contributed by atoms with Gasteiger partial charge < -0.3 is 15.7 Å². The van der Waals surface area contributed by atoms with Crippen LogP contribution in [0.1, 0.15) is 35.6 Å². The lowest BCUT2D eigenvalue weighted by molar-refractivity contribution is 0.232. The first-order valence-electron chi connectivity index (χ1n) is 8.02. The average Bonchev–Trinajstić information content (AvgIpc) is 2.64. The van der Waals surface area contributed by atoms with Crippen molar-refractivity contribution < 1.29 is 14.3 Å². The largest absolute Gasteiger partial charge is 0.396 e. The SMILES string of the molecule is N#Cc1ccc(CNC(=O)NC(CCCO)c2ccccc2)c(F)c1. The first kappa shape index (κ1) is 18.4. The summed E-state index contributed by atoms with van der Waals surface area (Å²) in [5.41, 5.74) is 1.48. The Kier molecular flexibility index (Phi) is 6.93. The van der Waals surface area contributed by atoms with E-state index in [1.807, 2.05) is 36.4 Å². The normalized spacial score (nSPS) is 11.4. The fraction of sp³-hybridized carbons (Fsp3) is 0.263. The van der Waals surface area contributed by atoms with E-state index in [4.69, 9.17) is 10.4 Å². The van der Waals surface area contributed by atoms with Crippen LogP contribution in [0.2, 0.25) is 0 Å². The van der Waals surface area contributed by atoms with Crippen LogP contribution in [0.5, 0.6) is 0 Å². The number of nitrogens with zero attached hydrogens (tertiary/aromatic N) is 1. The molecule has 0 aromatic heterocycles. The predicted molar refractivity (Wildman–Crippen MR) is 92.0 cm³/mol.